The summed E-state index contributed by atoms with van der Waals surface area (Å²) in [5.41, 5.74) is 1.25. The molecule has 4 nitrogen and oxygen atoms in total. The van der Waals surface area contributed by atoms with Crippen LogP contribution in [0.5, 0.6) is 0 Å². The molecule has 148 valence electrons. The number of hydrogen-bond acceptors (Lipinski definition) is 3. The average molecular weight is 371 g/mol. The van der Waals surface area contributed by atoms with Crippen LogP contribution in [0, 0.1) is 0 Å². The lowest BCUT2D eigenvalue weighted by Gasteiger charge is -2.20. The molecule has 0 aliphatic carbocycles. The van der Waals surface area contributed by atoms with Crippen molar-refractivity contribution in [2.24, 2.45) is 0 Å². The highest BCUT2D eigenvalue weighted by Gasteiger charge is 2.21. The molecule has 0 amide bonds. The van der Waals surface area contributed by atoms with Crippen molar-refractivity contribution in [1.82, 2.24) is 9.47 Å². The lowest BCUT2D eigenvalue weighted by molar-refractivity contribution is 0.0551. The van der Waals surface area contributed by atoms with Crippen molar-refractivity contribution < 1.29 is 9.53 Å². The van der Waals surface area contributed by atoms with E-state index in [1.165, 1.54) is 0 Å². The zero-order chi connectivity index (χ0) is 20.6. The fourth-order valence-corrected chi connectivity index (χ4v) is 2.43. The predicted octanol–water partition coefficient (Wildman–Crippen LogP) is 6.17. The van der Waals surface area contributed by atoms with Gasteiger partial charge >= 0.3 is 6.09 Å². The molecule has 27 heavy (non-hydrogen) atoms. The molecule has 0 bridgehead atoms. The second kappa shape index (κ2) is 10.1. The van der Waals surface area contributed by atoms with E-state index in [4.69, 9.17) is 4.74 Å². The molecule has 0 N–H and O–H groups in total. The number of carbonyl (C=O) groups excluding carboxylic acids is 1. The van der Waals surface area contributed by atoms with Gasteiger partial charge in [0.25, 0.3) is 0 Å². The third-order valence-electron chi connectivity index (χ3n) is 3.79. The first-order valence-corrected chi connectivity index (χ1v) is 9.61. The van der Waals surface area contributed by atoms with E-state index in [0.29, 0.717) is 0 Å². The van der Waals surface area contributed by atoms with E-state index in [9.17, 15) is 4.79 Å². The fraction of sp³-hybridized carbons (Fsp3) is 0.435. The molecule has 0 radical (unpaired) electrons. The minimum atomic E-state index is -0.510. The Hall–Kier alpha value is -2.33. The molecule has 1 aromatic heterocycles. The summed E-state index contributed by atoms with van der Waals surface area (Å²) in [6.07, 6.45) is -0.338. The topological polar surface area (TPSA) is 34.5 Å². The zero-order valence-corrected chi connectivity index (χ0v) is 18.0. The molecular weight excluding hydrogens is 336 g/mol. The van der Waals surface area contributed by atoms with Gasteiger partial charge in [-0.15, -0.1) is 0 Å². The highest BCUT2D eigenvalue weighted by Crippen LogP contribution is 2.29. The van der Waals surface area contributed by atoms with E-state index in [1.807, 2.05) is 83.1 Å². The molecule has 1 heterocycles. The smallest absolute Gasteiger partial charge is 0.419 e. The predicted molar refractivity (Wildman–Crippen MR) is 117 cm³/mol. The largest absolute Gasteiger partial charge is 0.443 e. The molecule has 3 rings (SSSR count). The SMILES string of the molecule is CC.CC(C)(C)OC(=O)n1c2ccccc2c2ccccc21.CCN(C)C. The Morgan fingerprint density at radius 2 is 1.30 bits per heavy atom. The summed E-state index contributed by atoms with van der Waals surface area (Å²) >= 11 is 0. The van der Waals surface area contributed by atoms with Crippen LogP contribution in [0.25, 0.3) is 21.8 Å². The normalized spacial score (nSPS) is 10.9. The van der Waals surface area contributed by atoms with Crippen LogP contribution in [0.2, 0.25) is 0 Å². The number of nitrogens with zero attached hydrogens (tertiary/aromatic N) is 2. The van der Waals surface area contributed by atoms with Crippen LogP contribution in [0.4, 0.5) is 4.79 Å². The van der Waals surface area contributed by atoms with E-state index < -0.39 is 5.60 Å². The molecule has 0 aliphatic rings. The Kier molecular flexibility index (Phi) is 8.51. The van der Waals surface area contributed by atoms with Crippen LogP contribution in [0.3, 0.4) is 0 Å². The van der Waals surface area contributed by atoms with Crippen molar-refractivity contribution in [3.63, 3.8) is 0 Å². The first kappa shape index (κ1) is 22.7. The number of para-hydroxylation sites is 2. The van der Waals surface area contributed by atoms with Crippen LogP contribution in [0.1, 0.15) is 41.5 Å². The van der Waals surface area contributed by atoms with Crippen molar-refractivity contribution in [3.05, 3.63) is 48.5 Å². The molecule has 0 unspecified atom stereocenters. The van der Waals surface area contributed by atoms with Gasteiger partial charge in [-0.1, -0.05) is 57.2 Å². The summed E-state index contributed by atoms with van der Waals surface area (Å²) in [6, 6.07) is 15.8. The van der Waals surface area contributed by atoms with Gasteiger partial charge in [0.1, 0.15) is 5.60 Å². The van der Waals surface area contributed by atoms with Gasteiger partial charge in [-0.3, -0.25) is 0 Å². The first-order chi connectivity index (χ1) is 12.7. The maximum Gasteiger partial charge on any atom is 0.419 e. The second-order valence-corrected chi connectivity index (χ2v) is 7.25. The van der Waals surface area contributed by atoms with Crippen molar-refractivity contribution >= 4 is 27.9 Å². The number of aromatic nitrogens is 1. The van der Waals surface area contributed by atoms with Crippen molar-refractivity contribution in [1.29, 1.82) is 0 Å². The van der Waals surface area contributed by atoms with Gasteiger partial charge in [0.2, 0.25) is 0 Å². The quantitative estimate of drug-likeness (QED) is 0.513. The van der Waals surface area contributed by atoms with Crippen LogP contribution >= 0.6 is 0 Å². The van der Waals surface area contributed by atoms with Crippen LogP contribution in [-0.4, -0.2) is 41.8 Å². The number of benzene rings is 2. The number of fused-ring (bicyclic) bond motifs is 3. The van der Waals surface area contributed by atoms with E-state index in [1.54, 1.807) is 4.57 Å². The Morgan fingerprint density at radius 3 is 1.63 bits per heavy atom. The van der Waals surface area contributed by atoms with E-state index >= 15 is 0 Å². The van der Waals surface area contributed by atoms with Gasteiger partial charge in [0.05, 0.1) is 11.0 Å². The molecule has 0 spiro atoms. The fourth-order valence-electron chi connectivity index (χ4n) is 2.43. The molecular formula is C23H34N2O2. The van der Waals surface area contributed by atoms with Gasteiger partial charge in [-0.25, -0.2) is 9.36 Å². The molecule has 3 aromatic rings. The van der Waals surface area contributed by atoms with Crippen molar-refractivity contribution in [2.75, 3.05) is 20.6 Å². The van der Waals surface area contributed by atoms with Crippen LogP contribution in [-0.2, 0) is 4.74 Å². The summed E-state index contributed by atoms with van der Waals surface area (Å²) in [4.78, 5) is 14.6. The molecule has 0 saturated carbocycles. The summed E-state index contributed by atoms with van der Waals surface area (Å²) in [5.74, 6) is 0. The Balaban J connectivity index is 0.000000454. The molecule has 0 saturated heterocycles. The van der Waals surface area contributed by atoms with Gasteiger partial charge in [-0.05, 0) is 53.5 Å². The highest BCUT2D eigenvalue weighted by molar-refractivity contribution is 6.12. The summed E-state index contributed by atoms with van der Waals surface area (Å²) in [5, 5.41) is 2.13. The number of carbonyl (C=O) groups is 1. The number of rotatable bonds is 1. The Bertz CT molecular complexity index is 804. The number of hydrogen-bond donors (Lipinski definition) is 0. The first-order valence-electron chi connectivity index (χ1n) is 9.61. The third-order valence-corrected chi connectivity index (χ3v) is 3.79. The van der Waals surface area contributed by atoms with Gasteiger partial charge < -0.3 is 9.64 Å². The Morgan fingerprint density at radius 1 is 0.926 bits per heavy atom. The summed E-state index contributed by atoms with van der Waals surface area (Å²) in [6.45, 7) is 12.9. The maximum absolute atomic E-state index is 12.5. The Labute approximate surface area is 163 Å². The molecule has 2 aromatic carbocycles. The standard InChI is InChI=1S/C17H17NO2.C4H11N.C2H6/c1-17(2,3)20-16(19)18-14-10-6-4-8-12(14)13-9-5-7-11-15(13)18;1-4-5(2)3;1-2/h4-11H,1-3H3;4H2,1-3H3;1-2H3. The molecule has 0 atom stereocenters. The van der Waals surface area contributed by atoms with Gasteiger partial charge in [-0.2, -0.15) is 0 Å². The monoisotopic (exact) mass is 370 g/mol. The maximum atomic E-state index is 12.5. The minimum absolute atomic E-state index is 0.338. The molecule has 0 fully saturated rings. The van der Waals surface area contributed by atoms with Gasteiger partial charge in [0.15, 0.2) is 0 Å². The van der Waals surface area contributed by atoms with Crippen molar-refractivity contribution in [3.8, 4) is 0 Å². The zero-order valence-electron chi connectivity index (χ0n) is 18.0. The van der Waals surface area contributed by atoms with Crippen LogP contribution < -0.4 is 0 Å². The summed E-state index contributed by atoms with van der Waals surface area (Å²) in [7, 11) is 4.11. The molecule has 4 heteroatoms. The van der Waals surface area contributed by atoms with E-state index in [2.05, 4.69) is 25.9 Å². The average Bonchev–Trinajstić information content (AvgIpc) is 2.97. The minimum Gasteiger partial charge on any atom is -0.443 e. The number of ether oxygens (including phenoxy) is 1. The second-order valence-electron chi connectivity index (χ2n) is 7.25. The van der Waals surface area contributed by atoms with Gasteiger partial charge in [0, 0.05) is 10.8 Å². The highest BCUT2D eigenvalue weighted by atomic mass is 16.6. The van der Waals surface area contributed by atoms with E-state index in [-0.39, 0.29) is 6.09 Å². The lowest BCUT2D eigenvalue weighted by atomic mass is 10.2. The third kappa shape index (κ3) is 6.10. The van der Waals surface area contributed by atoms with Crippen LogP contribution in [0.15, 0.2) is 48.5 Å². The molecule has 0 aliphatic heterocycles. The van der Waals surface area contributed by atoms with E-state index in [0.717, 1.165) is 28.4 Å². The van der Waals surface area contributed by atoms with Crippen molar-refractivity contribution in [2.45, 2.75) is 47.1 Å². The lowest BCUT2D eigenvalue weighted by Crippen LogP contribution is -2.27. The summed E-state index contributed by atoms with van der Waals surface area (Å²) < 4.78 is 7.17.